The summed E-state index contributed by atoms with van der Waals surface area (Å²) >= 11 is 0. The Balaban J connectivity index is 2.16. The van der Waals surface area contributed by atoms with Crippen LogP contribution in [0, 0.1) is 0 Å². The molecule has 0 aliphatic carbocycles. The number of nitrogens with two attached hydrogens (primary N) is 1. The Labute approximate surface area is 150 Å². The van der Waals surface area contributed by atoms with Crippen molar-refractivity contribution in [2.24, 2.45) is 5.73 Å². The van der Waals surface area contributed by atoms with Gasteiger partial charge in [0.15, 0.2) is 5.78 Å². The van der Waals surface area contributed by atoms with Crippen LogP contribution in [0.1, 0.15) is 31.8 Å². The highest BCUT2D eigenvalue weighted by molar-refractivity contribution is 6.18. The summed E-state index contributed by atoms with van der Waals surface area (Å²) in [5.74, 6) is -1.52. The molecule has 0 aliphatic heterocycles. The summed E-state index contributed by atoms with van der Waals surface area (Å²) in [6, 6.07) is 12.8. The molecule has 0 fully saturated rings. The van der Waals surface area contributed by atoms with E-state index in [0.717, 1.165) is 0 Å². The Hall–Kier alpha value is -3.67. The molecule has 0 spiro atoms. The molecule has 2 rings (SSSR count). The molecule has 0 aliphatic rings. The minimum Gasteiger partial charge on any atom is -0.515 e. The zero-order chi connectivity index (χ0) is 19.1. The SMILES string of the molecule is COC(=O)c1cccc(C(=O)C=Cc2ccc(C(=CO)C(N)=O)cc2)c1. The topological polar surface area (TPSA) is 107 Å². The van der Waals surface area contributed by atoms with Crippen LogP contribution in [-0.2, 0) is 9.53 Å². The molecule has 26 heavy (non-hydrogen) atoms. The Bertz CT molecular complexity index is 895. The number of ketones is 1. The first-order valence-corrected chi connectivity index (χ1v) is 7.61. The van der Waals surface area contributed by atoms with Crippen LogP contribution in [0.25, 0.3) is 11.6 Å². The molecular formula is C20H17NO5. The smallest absolute Gasteiger partial charge is 0.337 e. The fourth-order valence-corrected chi connectivity index (χ4v) is 2.24. The second kappa shape index (κ2) is 8.43. The Morgan fingerprint density at radius 2 is 1.65 bits per heavy atom. The van der Waals surface area contributed by atoms with E-state index in [0.29, 0.717) is 28.5 Å². The van der Waals surface area contributed by atoms with Crippen LogP contribution in [0.15, 0.2) is 60.9 Å². The maximum absolute atomic E-state index is 12.2. The van der Waals surface area contributed by atoms with Crippen LogP contribution in [0.5, 0.6) is 0 Å². The fourth-order valence-electron chi connectivity index (χ4n) is 2.24. The molecule has 2 aromatic carbocycles. The van der Waals surface area contributed by atoms with Crippen molar-refractivity contribution < 1.29 is 24.2 Å². The number of aliphatic hydroxyl groups is 1. The van der Waals surface area contributed by atoms with E-state index < -0.39 is 11.9 Å². The van der Waals surface area contributed by atoms with Gasteiger partial charge in [-0.25, -0.2) is 4.79 Å². The van der Waals surface area contributed by atoms with Crippen LogP contribution < -0.4 is 5.73 Å². The predicted molar refractivity (Wildman–Crippen MR) is 97.4 cm³/mol. The molecule has 1 amide bonds. The van der Waals surface area contributed by atoms with Crippen LogP contribution in [0.3, 0.4) is 0 Å². The van der Waals surface area contributed by atoms with E-state index in [9.17, 15) is 14.4 Å². The number of esters is 1. The summed E-state index contributed by atoms with van der Waals surface area (Å²) in [4.78, 5) is 35.0. The number of carbonyl (C=O) groups excluding carboxylic acids is 3. The monoisotopic (exact) mass is 351 g/mol. The lowest BCUT2D eigenvalue weighted by Gasteiger charge is -2.03. The summed E-state index contributed by atoms with van der Waals surface area (Å²) in [6.45, 7) is 0. The van der Waals surface area contributed by atoms with Crippen LogP contribution in [0.4, 0.5) is 0 Å². The quantitative estimate of drug-likeness (QED) is 0.360. The maximum Gasteiger partial charge on any atom is 0.337 e. The van der Waals surface area contributed by atoms with Gasteiger partial charge in [0.05, 0.1) is 24.5 Å². The van der Waals surface area contributed by atoms with E-state index in [-0.39, 0.29) is 11.4 Å². The van der Waals surface area contributed by atoms with Gasteiger partial charge in [0.25, 0.3) is 5.91 Å². The number of carbonyl (C=O) groups is 3. The summed E-state index contributed by atoms with van der Waals surface area (Å²) in [5.41, 5.74) is 7.00. The Morgan fingerprint density at radius 1 is 1.00 bits per heavy atom. The molecule has 6 heteroatoms. The van der Waals surface area contributed by atoms with Gasteiger partial charge in [-0.3, -0.25) is 9.59 Å². The van der Waals surface area contributed by atoms with Crippen LogP contribution in [0.2, 0.25) is 0 Å². The molecule has 2 aromatic rings. The number of hydrogen-bond acceptors (Lipinski definition) is 5. The molecule has 3 N–H and O–H groups in total. The van der Waals surface area contributed by atoms with Gasteiger partial charge in [-0.2, -0.15) is 0 Å². The highest BCUT2D eigenvalue weighted by atomic mass is 16.5. The fraction of sp³-hybridized carbons (Fsp3) is 0.0500. The van der Waals surface area contributed by atoms with E-state index in [1.165, 1.54) is 19.3 Å². The molecule has 132 valence electrons. The number of primary amides is 1. The van der Waals surface area contributed by atoms with Gasteiger partial charge in [0.2, 0.25) is 0 Å². The zero-order valence-corrected chi connectivity index (χ0v) is 14.0. The molecule has 0 saturated heterocycles. The highest BCUT2D eigenvalue weighted by Crippen LogP contribution is 2.16. The van der Waals surface area contributed by atoms with Gasteiger partial charge >= 0.3 is 5.97 Å². The van der Waals surface area contributed by atoms with Crippen molar-refractivity contribution in [3.63, 3.8) is 0 Å². The highest BCUT2D eigenvalue weighted by Gasteiger charge is 2.09. The van der Waals surface area contributed by atoms with Crippen molar-refractivity contribution in [3.05, 3.63) is 83.1 Å². The van der Waals surface area contributed by atoms with Crippen molar-refractivity contribution >= 4 is 29.3 Å². The third kappa shape index (κ3) is 4.45. The summed E-state index contributed by atoms with van der Waals surface area (Å²) in [7, 11) is 1.27. The first-order chi connectivity index (χ1) is 12.5. The van der Waals surface area contributed by atoms with Crippen LogP contribution >= 0.6 is 0 Å². The molecular weight excluding hydrogens is 334 g/mol. The van der Waals surface area contributed by atoms with Crippen molar-refractivity contribution in [2.75, 3.05) is 7.11 Å². The van der Waals surface area contributed by atoms with Gasteiger partial charge < -0.3 is 15.6 Å². The lowest BCUT2D eigenvalue weighted by molar-refractivity contribution is -0.112. The Kier molecular flexibility index (Phi) is 6.06. The standard InChI is InChI=1S/C20H17NO5/c1-26-20(25)16-4-2-3-15(11-16)18(23)10-7-13-5-8-14(9-6-13)17(12-22)19(21)24/h2-12,22H,1H3,(H2,21,24). The van der Waals surface area contributed by atoms with E-state index >= 15 is 0 Å². The second-order valence-corrected chi connectivity index (χ2v) is 5.30. The minimum atomic E-state index is -0.739. The molecule has 0 unspecified atom stereocenters. The number of aliphatic hydroxyl groups excluding tert-OH is 1. The number of hydrogen-bond donors (Lipinski definition) is 2. The predicted octanol–water partition coefficient (Wildman–Crippen LogP) is 2.75. The molecule has 0 aromatic heterocycles. The molecule has 0 atom stereocenters. The summed E-state index contributed by atoms with van der Waals surface area (Å²) < 4.78 is 4.63. The number of amides is 1. The summed E-state index contributed by atoms with van der Waals surface area (Å²) in [6.07, 6.45) is 3.64. The van der Waals surface area contributed by atoms with Crippen molar-refractivity contribution in [2.45, 2.75) is 0 Å². The average molecular weight is 351 g/mol. The van der Waals surface area contributed by atoms with Crippen LogP contribution in [-0.4, -0.2) is 29.9 Å². The largest absolute Gasteiger partial charge is 0.515 e. The average Bonchev–Trinajstić information content (AvgIpc) is 2.66. The molecule has 0 saturated carbocycles. The van der Waals surface area contributed by atoms with E-state index in [4.69, 9.17) is 10.8 Å². The second-order valence-electron chi connectivity index (χ2n) is 5.30. The van der Waals surface area contributed by atoms with E-state index in [1.54, 1.807) is 48.5 Å². The molecule has 0 radical (unpaired) electrons. The van der Waals surface area contributed by atoms with Gasteiger partial charge in [-0.15, -0.1) is 0 Å². The molecule has 6 nitrogen and oxygen atoms in total. The summed E-state index contributed by atoms with van der Waals surface area (Å²) in [5, 5.41) is 9.05. The lowest BCUT2D eigenvalue weighted by Crippen LogP contribution is -2.12. The molecule has 0 heterocycles. The number of allylic oxidation sites excluding steroid dienone is 1. The maximum atomic E-state index is 12.2. The number of rotatable bonds is 6. The van der Waals surface area contributed by atoms with Gasteiger partial charge in [-0.1, -0.05) is 42.5 Å². The first-order valence-electron chi connectivity index (χ1n) is 7.61. The minimum absolute atomic E-state index is 0.00349. The number of ether oxygens (including phenoxy) is 1. The van der Waals surface area contributed by atoms with Gasteiger partial charge in [0.1, 0.15) is 0 Å². The van der Waals surface area contributed by atoms with E-state index in [1.807, 2.05) is 0 Å². The zero-order valence-electron chi connectivity index (χ0n) is 14.0. The lowest BCUT2D eigenvalue weighted by atomic mass is 10.0. The van der Waals surface area contributed by atoms with Gasteiger partial charge in [-0.05, 0) is 29.3 Å². The number of methoxy groups -OCH3 is 1. The van der Waals surface area contributed by atoms with Crippen molar-refractivity contribution in [1.82, 2.24) is 0 Å². The van der Waals surface area contributed by atoms with Crippen molar-refractivity contribution in [1.29, 1.82) is 0 Å². The van der Waals surface area contributed by atoms with Gasteiger partial charge in [0, 0.05) is 5.56 Å². The van der Waals surface area contributed by atoms with E-state index in [2.05, 4.69) is 4.74 Å². The molecule has 0 bridgehead atoms. The normalized spacial score (nSPS) is 11.3. The Morgan fingerprint density at radius 3 is 2.23 bits per heavy atom. The first kappa shape index (κ1) is 18.7. The third-order valence-electron chi connectivity index (χ3n) is 3.61. The van der Waals surface area contributed by atoms with Crippen molar-refractivity contribution in [3.8, 4) is 0 Å². The third-order valence-corrected chi connectivity index (χ3v) is 3.61. The number of benzene rings is 2.